The van der Waals surface area contributed by atoms with E-state index >= 15 is 0 Å². The number of anilines is 1. The van der Waals surface area contributed by atoms with Crippen LogP contribution in [0.15, 0.2) is 18.2 Å². The highest BCUT2D eigenvalue weighted by Crippen LogP contribution is 2.32. The first-order valence-corrected chi connectivity index (χ1v) is 5.88. The number of benzene rings is 1. The fraction of sp³-hybridized carbons (Fsp3) is 0.385. The van der Waals surface area contributed by atoms with E-state index in [1.807, 2.05) is 0 Å². The number of nitrogens with zero attached hydrogens (tertiary/aromatic N) is 1. The van der Waals surface area contributed by atoms with Crippen molar-refractivity contribution in [1.29, 1.82) is 0 Å². The second-order valence-corrected chi connectivity index (χ2v) is 4.93. The SMILES string of the molecule is CC1(C)C(=O)NC(=O)CN1c1c(F)cccc1CO. The molecule has 1 aromatic carbocycles. The van der Waals surface area contributed by atoms with Crippen LogP contribution in [0.1, 0.15) is 19.4 Å². The standard InChI is InChI=1S/C13H15FN2O3/c1-13(2)12(19)15-10(18)6-16(13)11-8(7-17)4-3-5-9(11)14/h3-5,17H,6-7H2,1-2H3,(H,15,18,19). The zero-order valence-electron chi connectivity index (χ0n) is 10.7. The Morgan fingerprint density at radius 3 is 2.74 bits per heavy atom. The smallest absolute Gasteiger partial charge is 0.251 e. The molecule has 0 unspecified atom stereocenters. The predicted octanol–water partition coefficient (Wildman–Crippen LogP) is 0.559. The summed E-state index contributed by atoms with van der Waals surface area (Å²) in [4.78, 5) is 24.7. The minimum atomic E-state index is -1.07. The van der Waals surface area contributed by atoms with Crippen LogP contribution in [0.25, 0.3) is 0 Å². The van der Waals surface area contributed by atoms with Crippen molar-refractivity contribution in [3.8, 4) is 0 Å². The minimum Gasteiger partial charge on any atom is -0.392 e. The van der Waals surface area contributed by atoms with Crippen molar-refractivity contribution in [1.82, 2.24) is 5.32 Å². The van der Waals surface area contributed by atoms with Crippen LogP contribution < -0.4 is 10.2 Å². The Kier molecular flexibility index (Phi) is 3.28. The van der Waals surface area contributed by atoms with Crippen LogP contribution in [0.3, 0.4) is 0 Å². The third-order valence-electron chi connectivity index (χ3n) is 3.30. The molecule has 0 spiro atoms. The van der Waals surface area contributed by atoms with E-state index in [1.165, 1.54) is 17.0 Å². The Hall–Kier alpha value is -1.95. The number of hydrogen-bond acceptors (Lipinski definition) is 4. The lowest BCUT2D eigenvalue weighted by Gasteiger charge is -2.42. The normalized spacial score (nSPS) is 18.4. The van der Waals surface area contributed by atoms with Gasteiger partial charge in [0.1, 0.15) is 11.4 Å². The number of nitrogens with one attached hydrogen (secondary N) is 1. The van der Waals surface area contributed by atoms with E-state index in [4.69, 9.17) is 0 Å². The molecule has 0 saturated carbocycles. The summed E-state index contributed by atoms with van der Waals surface area (Å²) in [5, 5.41) is 11.5. The maximum Gasteiger partial charge on any atom is 0.251 e. The van der Waals surface area contributed by atoms with Gasteiger partial charge >= 0.3 is 0 Å². The van der Waals surface area contributed by atoms with Gasteiger partial charge in [-0.1, -0.05) is 12.1 Å². The van der Waals surface area contributed by atoms with Crippen LogP contribution in [0.2, 0.25) is 0 Å². The van der Waals surface area contributed by atoms with Crippen molar-refractivity contribution in [2.45, 2.75) is 26.0 Å². The molecule has 5 nitrogen and oxygen atoms in total. The lowest BCUT2D eigenvalue weighted by Crippen LogP contribution is -2.64. The van der Waals surface area contributed by atoms with E-state index in [0.29, 0.717) is 5.56 Å². The van der Waals surface area contributed by atoms with Gasteiger partial charge in [-0.3, -0.25) is 14.9 Å². The molecule has 1 heterocycles. The Bertz CT molecular complexity index is 543. The summed E-state index contributed by atoms with van der Waals surface area (Å²) in [6.45, 7) is 2.70. The van der Waals surface area contributed by atoms with Gasteiger partial charge in [0.25, 0.3) is 5.91 Å². The number of aliphatic hydroxyl groups is 1. The van der Waals surface area contributed by atoms with Gasteiger partial charge in [-0.2, -0.15) is 0 Å². The Morgan fingerprint density at radius 2 is 2.11 bits per heavy atom. The zero-order valence-corrected chi connectivity index (χ0v) is 10.7. The highest BCUT2D eigenvalue weighted by Gasteiger charge is 2.42. The van der Waals surface area contributed by atoms with Crippen LogP contribution in [0, 0.1) is 5.82 Å². The number of aliphatic hydroxyl groups excluding tert-OH is 1. The Balaban J connectivity index is 2.56. The number of carbonyl (C=O) groups is 2. The molecule has 1 aliphatic heterocycles. The van der Waals surface area contributed by atoms with Gasteiger partial charge in [-0.05, 0) is 19.9 Å². The fourth-order valence-corrected chi connectivity index (χ4v) is 2.13. The quantitative estimate of drug-likeness (QED) is 0.767. The largest absolute Gasteiger partial charge is 0.392 e. The number of imide groups is 1. The molecule has 102 valence electrons. The molecule has 1 saturated heterocycles. The summed E-state index contributed by atoms with van der Waals surface area (Å²) < 4.78 is 14.0. The first-order chi connectivity index (χ1) is 8.87. The van der Waals surface area contributed by atoms with E-state index in [1.54, 1.807) is 19.9 Å². The number of piperazine rings is 1. The second-order valence-electron chi connectivity index (χ2n) is 4.93. The lowest BCUT2D eigenvalue weighted by molar-refractivity contribution is -0.135. The molecule has 1 fully saturated rings. The first kappa shape index (κ1) is 13.5. The topological polar surface area (TPSA) is 69.6 Å². The summed E-state index contributed by atoms with van der Waals surface area (Å²) in [6.07, 6.45) is 0. The summed E-state index contributed by atoms with van der Waals surface area (Å²) in [5.74, 6) is -1.55. The number of halogens is 1. The second kappa shape index (κ2) is 4.62. The van der Waals surface area contributed by atoms with Crippen LogP contribution in [0.5, 0.6) is 0 Å². The van der Waals surface area contributed by atoms with Gasteiger partial charge in [0.2, 0.25) is 5.91 Å². The first-order valence-electron chi connectivity index (χ1n) is 5.88. The molecule has 0 radical (unpaired) electrons. The maximum absolute atomic E-state index is 14.0. The monoisotopic (exact) mass is 266 g/mol. The minimum absolute atomic E-state index is 0.0956. The van der Waals surface area contributed by atoms with Crippen molar-refractivity contribution in [3.05, 3.63) is 29.6 Å². The number of para-hydroxylation sites is 1. The van der Waals surface area contributed by atoms with Crippen molar-refractivity contribution in [2.75, 3.05) is 11.4 Å². The van der Waals surface area contributed by atoms with E-state index < -0.39 is 23.2 Å². The summed E-state index contributed by atoms with van der Waals surface area (Å²) in [5.41, 5.74) is -0.631. The van der Waals surface area contributed by atoms with Crippen molar-refractivity contribution in [3.63, 3.8) is 0 Å². The molecule has 6 heteroatoms. The van der Waals surface area contributed by atoms with E-state index in [0.717, 1.165) is 0 Å². The van der Waals surface area contributed by atoms with Crippen LogP contribution in [-0.2, 0) is 16.2 Å². The van der Waals surface area contributed by atoms with Gasteiger partial charge in [-0.15, -0.1) is 0 Å². The van der Waals surface area contributed by atoms with Gasteiger partial charge in [0.15, 0.2) is 0 Å². The van der Waals surface area contributed by atoms with Crippen molar-refractivity contribution >= 4 is 17.5 Å². The molecule has 0 bridgehead atoms. The number of rotatable bonds is 2. The van der Waals surface area contributed by atoms with Crippen LogP contribution >= 0.6 is 0 Å². The molecule has 2 amide bonds. The lowest BCUT2D eigenvalue weighted by atomic mass is 9.96. The molecule has 1 aromatic rings. The fourth-order valence-electron chi connectivity index (χ4n) is 2.13. The van der Waals surface area contributed by atoms with Crippen LogP contribution in [-0.4, -0.2) is 29.0 Å². The van der Waals surface area contributed by atoms with Gasteiger partial charge in [0, 0.05) is 5.56 Å². The van der Waals surface area contributed by atoms with Crippen molar-refractivity contribution in [2.24, 2.45) is 0 Å². The third-order valence-corrected chi connectivity index (χ3v) is 3.30. The molecule has 1 aliphatic rings. The van der Waals surface area contributed by atoms with Gasteiger partial charge in [0.05, 0.1) is 18.8 Å². The maximum atomic E-state index is 14.0. The predicted molar refractivity (Wildman–Crippen MR) is 66.9 cm³/mol. The molecule has 0 aromatic heterocycles. The Labute approximate surface area is 110 Å². The summed E-state index contributed by atoms with van der Waals surface area (Å²) in [6, 6.07) is 4.27. The Morgan fingerprint density at radius 1 is 1.42 bits per heavy atom. The molecular weight excluding hydrogens is 251 g/mol. The summed E-state index contributed by atoms with van der Waals surface area (Å²) in [7, 11) is 0. The summed E-state index contributed by atoms with van der Waals surface area (Å²) >= 11 is 0. The number of amides is 2. The zero-order chi connectivity index (χ0) is 14.2. The van der Waals surface area contributed by atoms with Crippen molar-refractivity contribution < 1.29 is 19.1 Å². The molecule has 0 atom stereocenters. The number of carbonyl (C=O) groups excluding carboxylic acids is 2. The van der Waals surface area contributed by atoms with E-state index in [9.17, 15) is 19.1 Å². The third kappa shape index (κ3) is 2.19. The highest BCUT2D eigenvalue weighted by molar-refractivity contribution is 6.06. The van der Waals surface area contributed by atoms with Gasteiger partial charge in [-0.25, -0.2) is 4.39 Å². The molecular formula is C13H15FN2O3. The van der Waals surface area contributed by atoms with Gasteiger partial charge < -0.3 is 10.0 Å². The molecule has 2 rings (SSSR count). The molecule has 0 aliphatic carbocycles. The average molecular weight is 266 g/mol. The molecule has 19 heavy (non-hydrogen) atoms. The average Bonchev–Trinajstić information content (AvgIpc) is 2.34. The highest BCUT2D eigenvalue weighted by atomic mass is 19.1. The van der Waals surface area contributed by atoms with E-state index in [2.05, 4.69) is 5.32 Å². The van der Waals surface area contributed by atoms with Crippen LogP contribution in [0.4, 0.5) is 10.1 Å². The van der Waals surface area contributed by atoms with E-state index in [-0.39, 0.29) is 18.8 Å². The molecule has 2 N–H and O–H groups in total. The number of hydrogen-bond donors (Lipinski definition) is 2.